The Balaban J connectivity index is 1.62. The van der Waals surface area contributed by atoms with Crippen LogP contribution in [0.15, 0.2) is 42.5 Å². The minimum atomic E-state index is -0.585. The Bertz CT molecular complexity index is 685. The van der Waals surface area contributed by atoms with Crippen molar-refractivity contribution in [2.45, 2.75) is 50.9 Å². The molecule has 0 heterocycles. The van der Waals surface area contributed by atoms with E-state index < -0.39 is 17.7 Å². The number of nitrogens with one attached hydrogen (secondary N) is 1. The van der Waals surface area contributed by atoms with Crippen molar-refractivity contribution in [2.75, 3.05) is 5.32 Å². The Morgan fingerprint density at radius 1 is 1.04 bits per heavy atom. The summed E-state index contributed by atoms with van der Waals surface area (Å²) >= 11 is 0. The highest BCUT2D eigenvalue weighted by Gasteiger charge is 2.24. The number of anilines is 1. The quantitative estimate of drug-likeness (QED) is 0.815. The van der Waals surface area contributed by atoms with Gasteiger partial charge in [0, 0.05) is 17.8 Å². The predicted molar refractivity (Wildman–Crippen MR) is 93.7 cm³/mol. The minimum absolute atomic E-state index is 0.151. The fourth-order valence-corrected chi connectivity index (χ4v) is 3.18. The van der Waals surface area contributed by atoms with Crippen LogP contribution in [0.2, 0.25) is 0 Å². The maximum atomic E-state index is 13.3. The van der Waals surface area contributed by atoms with Crippen molar-refractivity contribution in [1.82, 2.24) is 0 Å². The molecule has 0 aromatic heterocycles. The number of halogens is 2. The maximum Gasteiger partial charge on any atom is 0.126 e. The predicted octanol–water partition coefficient (Wildman–Crippen LogP) is 4.82. The Kier molecular flexibility index (Phi) is 5.53. The second kappa shape index (κ2) is 7.83. The third kappa shape index (κ3) is 4.69. The van der Waals surface area contributed by atoms with E-state index in [-0.39, 0.29) is 12.1 Å². The van der Waals surface area contributed by atoms with Crippen LogP contribution in [0.4, 0.5) is 14.5 Å². The van der Waals surface area contributed by atoms with Gasteiger partial charge in [0.2, 0.25) is 0 Å². The molecule has 3 nitrogen and oxygen atoms in total. The van der Waals surface area contributed by atoms with Gasteiger partial charge in [-0.2, -0.15) is 0 Å². The summed E-state index contributed by atoms with van der Waals surface area (Å²) in [5.74, 6) is -0.460. The van der Waals surface area contributed by atoms with Gasteiger partial charge in [0.15, 0.2) is 0 Å². The number of hydrogen-bond acceptors (Lipinski definition) is 3. The number of ether oxygens (including phenoxy) is 1. The molecule has 0 unspecified atom stereocenters. The average Bonchev–Trinajstić information content (AvgIpc) is 2.58. The minimum Gasteiger partial charge on any atom is -0.488 e. The van der Waals surface area contributed by atoms with E-state index >= 15 is 0 Å². The van der Waals surface area contributed by atoms with Gasteiger partial charge in [0.1, 0.15) is 23.5 Å². The van der Waals surface area contributed by atoms with Gasteiger partial charge in [0.05, 0.1) is 6.10 Å². The highest BCUT2D eigenvalue weighted by molar-refractivity contribution is 5.48. The van der Waals surface area contributed by atoms with Crippen LogP contribution in [0.1, 0.15) is 44.2 Å². The first kappa shape index (κ1) is 17.7. The summed E-state index contributed by atoms with van der Waals surface area (Å²) in [4.78, 5) is 0. The highest BCUT2D eigenvalue weighted by atomic mass is 19.1. The van der Waals surface area contributed by atoms with Crippen molar-refractivity contribution in [3.63, 3.8) is 0 Å². The van der Waals surface area contributed by atoms with E-state index in [0.29, 0.717) is 11.3 Å². The van der Waals surface area contributed by atoms with Crippen LogP contribution in [0.25, 0.3) is 0 Å². The monoisotopic (exact) mass is 347 g/mol. The molecule has 0 radical (unpaired) electrons. The molecule has 3 rings (SSSR count). The van der Waals surface area contributed by atoms with Crippen LogP contribution in [0, 0.1) is 11.6 Å². The number of aliphatic hydroxyl groups is 1. The average molecular weight is 347 g/mol. The van der Waals surface area contributed by atoms with Gasteiger partial charge in [0.25, 0.3) is 0 Å². The molecule has 2 aromatic carbocycles. The van der Waals surface area contributed by atoms with Gasteiger partial charge in [-0.05, 0) is 68.1 Å². The summed E-state index contributed by atoms with van der Waals surface area (Å²) in [6.07, 6.45) is 3.21. The first-order valence-electron chi connectivity index (χ1n) is 8.68. The number of hydrogen-bond donors (Lipinski definition) is 2. The summed E-state index contributed by atoms with van der Waals surface area (Å²) in [5.41, 5.74) is 1.37. The lowest BCUT2D eigenvalue weighted by molar-refractivity contribution is 0.00688. The van der Waals surface area contributed by atoms with E-state index in [1.807, 2.05) is 31.2 Å². The molecule has 2 N–H and O–H groups in total. The topological polar surface area (TPSA) is 41.5 Å². The molecule has 0 spiro atoms. The lowest BCUT2D eigenvalue weighted by Crippen LogP contribution is -2.34. The van der Waals surface area contributed by atoms with Crippen molar-refractivity contribution < 1.29 is 18.6 Å². The van der Waals surface area contributed by atoms with Crippen molar-refractivity contribution in [3.8, 4) is 5.75 Å². The molecule has 3 atom stereocenters. The van der Waals surface area contributed by atoms with Crippen molar-refractivity contribution in [3.05, 3.63) is 59.7 Å². The van der Waals surface area contributed by atoms with Crippen LogP contribution < -0.4 is 10.1 Å². The van der Waals surface area contributed by atoms with Crippen molar-refractivity contribution in [2.24, 2.45) is 0 Å². The van der Waals surface area contributed by atoms with E-state index in [2.05, 4.69) is 5.32 Å². The summed E-state index contributed by atoms with van der Waals surface area (Å²) in [7, 11) is 0. The van der Waals surface area contributed by atoms with Gasteiger partial charge in [-0.25, -0.2) is 8.78 Å². The summed E-state index contributed by atoms with van der Waals surface area (Å²) in [6, 6.07) is 10.7. The van der Waals surface area contributed by atoms with Crippen LogP contribution >= 0.6 is 0 Å². The second-order valence-corrected chi connectivity index (χ2v) is 6.60. The van der Waals surface area contributed by atoms with E-state index in [1.165, 1.54) is 12.1 Å². The number of benzene rings is 2. The molecule has 0 aliphatic heterocycles. The Morgan fingerprint density at radius 2 is 1.68 bits per heavy atom. The van der Waals surface area contributed by atoms with E-state index in [1.54, 1.807) is 0 Å². The fourth-order valence-electron chi connectivity index (χ4n) is 3.18. The molecule has 2 aromatic rings. The Hall–Kier alpha value is -2.14. The van der Waals surface area contributed by atoms with Crippen LogP contribution in [0.3, 0.4) is 0 Å². The summed E-state index contributed by atoms with van der Waals surface area (Å²) < 4.78 is 32.5. The standard InChI is InChI=1S/C20H23F2NO2/c1-13(14-10-15(21)12-16(22)11-14)23-17-6-8-18(9-7-17)25-20-5-3-2-4-19(20)24/h6-13,19-20,23-24H,2-5H2,1H3/t13-,19-,20+/m0/s1. The zero-order valence-electron chi connectivity index (χ0n) is 14.2. The van der Waals surface area contributed by atoms with Gasteiger partial charge >= 0.3 is 0 Å². The van der Waals surface area contributed by atoms with Crippen LogP contribution in [-0.2, 0) is 0 Å². The molecular weight excluding hydrogens is 324 g/mol. The zero-order valence-corrected chi connectivity index (χ0v) is 14.2. The Morgan fingerprint density at radius 3 is 2.32 bits per heavy atom. The first-order chi connectivity index (χ1) is 12.0. The second-order valence-electron chi connectivity index (χ2n) is 6.60. The van der Waals surface area contributed by atoms with Gasteiger partial charge in [-0.3, -0.25) is 0 Å². The summed E-state index contributed by atoms with van der Waals surface area (Å²) in [5, 5.41) is 13.2. The van der Waals surface area contributed by atoms with Crippen LogP contribution in [-0.4, -0.2) is 17.3 Å². The van der Waals surface area contributed by atoms with Gasteiger partial charge in [-0.1, -0.05) is 6.42 Å². The lowest BCUT2D eigenvalue weighted by atomic mass is 9.95. The molecule has 1 saturated carbocycles. The molecule has 134 valence electrons. The highest BCUT2D eigenvalue weighted by Crippen LogP contribution is 2.26. The zero-order chi connectivity index (χ0) is 17.8. The van der Waals surface area contributed by atoms with Crippen LogP contribution in [0.5, 0.6) is 5.75 Å². The maximum absolute atomic E-state index is 13.3. The molecule has 1 fully saturated rings. The smallest absolute Gasteiger partial charge is 0.126 e. The molecule has 1 aliphatic carbocycles. The molecule has 0 bridgehead atoms. The normalized spacial score (nSPS) is 21.6. The van der Waals surface area contributed by atoms with Gasteiger partial charge in [-0.15, -0.1) is 0 Å². The Labute approximate surface area is 146 Å². The number of aliphatic hydroxyl groups excluding tert-OH is 1. The number of rotatable bonds is 5. The summed E-state index contributed by atoms with van der Waals surface area (Å²) in [6.45, 7) is 1.84. The van der Waals surface area contributed by atoms with E-state index in [4.69, 9.17) is 4.74 Å². The molecule has 5 heteroatoms. The SMILES string of the molecule is C[C@H](Nc1ccc(O[C@@H]2CCCC[C@@H]2O)cc1)c1cc(F)cc(F)c1. The molecule has 0 saturated heterocycles. The molecule has 25 heavy (non-hydrogen) atoms. The first-order valence-corrected chi connectivity index (χ1v) is 8.68. The molecular formula is C20H23F2NO2. The molecule has 0 amide bonds. The van der Waals surface area contributed by atoms with Gasteiger partial charge < -0.3 is 15.2 Å². The van der Waals surface area contributed by atoms with E-state index in [0.717, 1.165) is 37.4 Å². The van der Waals surface area contributed by atoms with Crippen molar-refractivity contribution in [1.29, 1.82) is 0 Å². The largest absolute Gasteiger partial charge is 0.488 e. The van der Waals surface area contributed by atoms with E-state index in [9.17, 15) is 13.9 Å². The third-order valence-corrected chi connectivity index (χ3v) is 4.58. The lowest BCUT2D eigenvalue weighted by Gasteiger charge is -2.28. The van der Waals surface area contributed by atoms with Crippen molar-refractivity contribution >= 4 is 5.69 Å². The third-order valence-electron chi connectivity index (χ3n) is 4.58. The fraction of sp³-hybridized carbons (Fsp3) is 0.400. The molecule has 1 aliphatic rings.